The van der Waals surface area contributed by atoms with Crippen LogP contribution in [0.1, 0.15) is 29.7 Å². The number of hydrogen-bond donors (Lipinski definition) is 1. The average molecular weight is 326 g/mol. The fourth-order valence-electron chi connectivity index (χ4n) is 2.28. The van der Waals surface area contributed by atoms with Crippen molar-refractivity contribution in [2.45, 2.75) is 18.3 Å². The minimum Gasteiger partial charge on any atom is -0.388 e. The molecule has 0 aliphatic heterocycles. The molecule has 1 N–H and O–H groups in total. The summed E-state index contributed by atoms with van der Waals surface area (Å²) in [5, 5.41) is 22.4. The number of aliphatic hydroxyl groups is 1. The van der Waals surface area contributed by atoms with Gasteiger partial charge in [0.2, 0.25) is 0 Å². The van der Waals surface area contributed by atoms with Crippen LogP contribution in [0, 0.1) is 0 Å². The van der Waals surface area contributed by atoms with Crippen molar-refractivity contribution in [1.82, 2.24) is 20.2 Å². The molecule has 23 heavy (non-hydrogen) atoms. The van der Waals surface area contributed by atoms with E-state index in [0.29, 0.717) is 5.75 Å². The summed E-state index contributed by atoms with van der Waals surface area (Å²) in [7, 11) is 0. The van der Waals surface area contributed by atoms with E-state index >= 15 is 0 Å². The van der Waals surface area contributed by atoms with Crippen molar-refractivity contribution in [1.29, 1.82) is 0 Å². The van der Waals surface area contributed by atoms with Gasteiger partial charge in [0.15, 0.2) is 5.82 Å². The summed E-state index contributed by atoms with van der Waals surface area (Å²) in [6.07, 6.45) is -0.496. The van der Waals surface area contributed by atoms with Crippen molar-refractivity contribution in [2.24, 2.45) is 0 Å². The van der Waals surface area contributed by atoms with E-state index in [-0.39, 0.29) is 5.25 Å². The molecular formula is C17H18N4OS. The molecule has 0 saturated heterocycles. The van der Waals surface area contributed by atoms with E-state index < -0.39 is 6.10 Å². The number of nitrogens with zero attached hydrogens (tertiary/aromatic N) is 4. The van der Waals surface area contributed by atoms with Crippen molar-refractivity contribution in [3.8, 4) is 5.69 Å². The number of para-hydroxylation sites is 1. The zero-order valence-electron chi connectivity index (χ0n) is 12.8. The maximum absolute atomic E-state index is 10.3. The van der Waals surface area contributed by atoms with E-state index in [1.807, 2.05) is 67.6 Å². The Morgan fingerprint density at radius 3 is 2.39 bits per heavy atom. The molecule has 0 radical (unpaired) electrons. The van der Waals surface area contributed by atoms with Crippen LogP contribution in [0.2, 0.25) is 0 Å². The quantitative estimate of drug-likeness (QED) is 0.753. The summed E-state index contributed by atoms with van der Waals surface area (Å²) in [4.78, 5) is 0. The Labute approximate surface area is 139 Å². The first-order valence-electron chi connectivity index (χ1n) is 7.44. The molecule has 118 valence electrons. The molecule has 0 aliphatic carbocycles. The Morgan fingerprint density at radius 2 is 1.70 bits per heavy atom. The van der Waals surface area contributed by atoms with Gasteiger partial charge in [-0.05, 0) is 35.0 Å². The Morgan fingerprint density at radius 1 is 1.04 bits per heavy atom. The highest BCUT2D eigenvalue weighted by atomic mass is 32.2. The lowest BCUT2D eigenvalue weighted by Gasteiger charge is -2.15. The van der Waals surface area contributed by atoms with E-state index in [2.05, 4.69) is 15.5 Å². The first-order valence-corrected chi connectivity index (χ1v) is 8.49. The molecule has 5 nitrogen and oxygen atoms in total. The molecular weight excluding hydrogens is 308 g/mol. The summed E-state index contributed by atoms with van der Waals surface area (Å²) in [6, 6.07) is 19.5. The third kappa shape index (κ3) is 3.78. The van der Waals surface area contributed by atoms with Crippen LogP contribution in [0.3, 0.4) is 0 Å². The van der Waals surface area contributed by atoms with Gasteiger partial charge in [0.1, 0.15) is 0 Å². The van der Waals surface area contributed by atoms with Gasteiger partial charge in [-0.1, -0.05) is 48.5 Å². The molecule has 0 fully saturated rings. The van der Waals surface area contributed by atoms with E-state index in [4.69, 9.17) is 0 Å². The average Bonchev–Trinajstić information content (AvgIpc) is 3.11. The predicted molar refractivity (Wildman–Crippen MR) is 91.4 cm³/mol. The first-order chi connectivity index (χ1) is 11.3. The fraction of sp³-hybridized carbons (Fsp3) is 0.235. The molecule has 1 aromatic heterocycles. The fourth-order valence-corrected chi connectivity index (χ4v) is 3.24. The molecule has 2 atom stereocenters. The van der Waals surface area contributed by atoms with Crippen molar-refractivity contribution < 1.29 is 5.11 Å². The Kier molecular flexibility index (Phi) is 5.05. The van der Waals surface area contributed by atoms with Crippen LogP contribution in [0.25, 0.3) is 5.69 Å². The lowest BCUT2D eigenvalue weighted by Crippen LogP contribution is -2.07. The highest BCUT2D eigenvalue weighted by molar-refractivity contribution is 7.99. The Bertz CT molecular complexity index is 733. The third-order valence-corrected chi connectivity index (χ3v) is 4.77. The van der Waals surface area contributed by atoms with Crippen LogP contribution in [0.5, 0.6) is 0 Å². The molecule has 0 bridgehead atoms. The van der Waals surface area contributed by atoms with Gasteiger partial charge in [0.05, 0.1) is 17.0 Å². The van der Waals surface area contributed by atoms with E-state index in [1.54, 1.807) is 16.4 Å². The third-order valence-electron chi connectivity index (χ3n) is 3.55. The SMILES string of the molecule is CC(SCC(O)c1ccccc1)c1nnnn1-c1ccccc1. The number of rotatable bonds is 6. The van der Waals surface area contributed by atoms with Crippen LogP contribution in [0.15, 0.2) is 60.7 Å². The molecule has 1 heterocycles. The first kappa shape index (κ1) is 15.7. The summed E-state index contributed by atoms with van der Waals surface area (Å²) < 4.78 is 1.74. The van der Waals surface area contributed by atoms with E-state index in [9.17, 15) is 5.11 Å². The van der Waals surface area contributed by atoms with Gasteiger partial charge < -0.3 is 5.11 Å². The zero-order chi connectivity index (χ0) is 16.1. The summed E-state index contributed by atoms with van der Waals surface area (Å²) >= 11 is 1.63. The van der Waals surface area contributed by atoms with Crippen LogP contribution in [-0.4, -0.2) is 31.1 Å². The maximum atomic E-state index is 10.3. The number of aliphatic hydroxyl groups excluding tert-OH is 1. The van der Waals surface area contributed by atoms with Gasteiger partial charge in [0, 0.05) is 5.75 Å². The molecule has 3 rings (SSSR count). The van der Waals surface area contributed by atoms with Gasteiger partial charge in [-0.3, -0.25) is 0 Å². The summed E-state index contributed by atoms with van der Waals surface area (Å²) in [5.41, 5.74) is 1.86. The topological polar surface area (TPSA) is 63.8 Å². The summed E-state index contributed by atoms with van der Waals surface area (Å²) in [5.74, 6) is 1.37. The van der Waals surface area contributed by atoms with Gasteiger partial charge in [-0.15, -0.1) is 16.9 Å². The van der Waals surface area contributed by atoms with Crippen LogP contribution < -0.4 is 0 Å². The van der Waals surface area contributed by atoms with Crippen LogP contribution in [0.4, 0.5) is 0 Å². The summed E-state index contributed by atoms with van der Waals surface area (Å²) in [6.45, 7) is 2.05. The minimum atomic E-state index is -0.496. The molecule has 6 heteroatoms. The van der Waals surface area contributed by atoms with Crippen LogP contribution >= 0.6 is 11.8 Å². The number of tetrazole rings is 1. The van der Waals surface area contributed by atoms with Crippen molar-refractivity contribution in [3.05, 3.63) is 72.1 Å². The monoisotopic (exact) mass is 326 g/mol. The van der Waals surface area contributed by atoms with Gasteiger partial charge in [-0.2, -0.15) is 4.68 Å². The van der Waals surface area contributed by atoms with Crippen LogP contribution in [-0.2, 0) is 0 Å². The van der Waals surface area contributed by atoms with E-state index in [0.717, 1.165) is 17.1 Å². The lowest BCUT2D eigenvalue weighted by molar-refractivity contribution is 0.204. The maximum Gasteiger partial charge on any atom is 0.169 e. The second-order valence-corrected chi connectivity index (χ2v) is 6.56. The number of hydrogen-bond acceptors (Lipinski definition) is 5. The number of benzene rings is 2. The Balaban J connectivity index is 1.68. The molecule has 0 saturated carbocycles. The van der Waals surface area contributed by atoms with Gasteiger partial charge in [-0.25, -0.2) is 0 Å². The van der Waals surface area contributed by atoms with Crippen molar-refractivity contribution >= 4 is 11.8 Å². The highest BCUT2D eigenvalue weighted by Crippen LogP contribution is 2.31. The second kappa shape index (κ2) is 7.39. The van der Waals surface area contributed by atoms with Crippen molar-refractivity contribution in [3.63, 3.8) is 0 Å². The number of aromatic nitrogens is 4. The highest BCUT2D eigenvalue weighted by Gasteiger charge is 2.18. The molecule has 0 aliphatic rings. The molecule has 2 unspecified atom stereocenters. The predicted octanol–water partition coefficient (Wildman–Crippen LogP) is 3.19. The molecule has 0 amide bonds. The van der Waals surface area contributed by atoms with Crippen molar-refractivity contribution in [2.75, 3.05) is 5.75 Å². The van der Waals surface area contributed by atoms with E-state index in [1.165, 1.54) is 0 Å². The normalized spacial score (nSPS) is 13.7. The lowest BCUT2D eigenvalue weighted by atomic mass is 10.1. The zero-order valence-corrected chi connectivity index (χ0v) is 13.6. The minimum absolute atomic E-state index is 0.0727. The van der Waals surface area contributed by atoms with Gasteiger partial charge >= 0.3 is 0 Å². The standard InChI is InChI=1S/C17H18N4OS/c1-13(23-12-16(22)14-8-4-2-5-9-14)17-18-19-20-21(17)15-10-6-3-7-11-15/h2-11,13,16,22H,12H2,1H3. The Hall–Kier alpha value is -2.18. The smallest absolute Gasteiger partial charge is 0.169 e. The molecule has 0 spiro atoms. The second-order valence-electron chi connectivity index (χ2n) is 5.19. The molecule has 3 aromatic rings. The largest absolute Gasteiger partial charge is 0.388 e. The molecule has 2 aromatic carbocycles. The number of thioether (sulfide) groups is 1. The van der Waals surface area contributed by atoms with Gasteiger partial charge in [0.25, 0.3) is 0 Å².